The van der Waals surface area contributed by atoms with Gasteiger partial charge in [0.1, 0.15) is 13.2 Å². The molecular formula is C30H32N2O5S. The highest BCUT2D eigenvalue weighted by atomic mass is 32.1. The summed E-state index contributed by atoms with van der Waals surface area (Å²) in [6.07, 6.45) is 3.27. The van der Waals surface area contributed by atoms with Gasteiger partial charge in [-0.15, -0.1) is 0 Å². The van der Waals surface area contributed by atoms with Crippen LogP contribution in [0.1, 0.15) is 69.2 Å². The summed E-state index contributed by atoms with van der Waals surface area (Å²) in [6, 6.07) is 13.2. The molecular weight excluding hydrogens is 500 g/mol. The van der Waals surface area contributed by atoms with Crippen molar-refractivity contribution in [3.63, 3.8) is 0 Å². The van der Waals surface area contributed by atoms with Crippen molar-refractivity contribution in [3.8, 4) is 11.5 Å². The number of thiazole rings is 1. The minimum atomic E-state index is -0.615. The van der Waals surface area contributed by atoms with Crippen molar-refractivity contribution in [1.29, 1.82) is 0 Å². The average molecular weight is 533 g/mol. The van der Waals surface area contributed by atoms with Crippen molar-refractivity contribution in [2.75, 3.05) is 19.8 Å². The molecule has 0 unspecified atom stereocenters. The molecule has 3 aromatic rings. The lowest BCUT2D eigenvalue weighted by atomic mass is 9.92. The lowest BCUT2D eigenvalue weighted by Crippen LogP contribution is -2.40. The topological polar surface area (TPSA) is 79.1 Å². The molecule has 7 nitrogen and oxygen atoms in total. The fourth-order valence-corrected chi connectivity index (χ4v) is 5.82. The summed E-state index contributed by atoms with van der Waals surface area (Å²) in [5.41, 5.74) is 3.79. The van der Waals surface area contributed by atoms with Crippen LogP contribution < -0.4 is 24.4 Å². The Labute approximate surface area is 225 Å². The van der Waals surface area contributed by atoms with Gasteiger partial charge in [0.05, 0.1) is 28.5 Å². The minimum Gasteiger partial charge on any atom is -0.486 e. The molecule has 3 heterocycles. The summed E-state index contributed by atoms with van der Waals surface area (Å²) in [6.45, 7) is 9.37. The minimum absolute atomic E-state index is 0.195. The number of carbonyl (C=O) groups is 1. The van der Waals surface area contributed by atoms with Crippen LogP contribution in [0.4, 0.5) is 0 Å². The predicted molar refractivity (Wildman–Crippen MR) is 148 cm³/mol. The van der Waals surface area contributed by atoms with Gasteiger partial charge in [-0.05, 0) is 54.2 Å². The van der Waals surface area contributed by atoms with Gasteiger partial charge in [-0.3, -0.25) is 9.36 Å². The molecule has 2 aromatic carbocycles. The van der Waals surface area contributed by atoms with E-state index in [0.717, 1.165) is 17.5 Å². The second-order valence-corrected chi connectivity index (χ2v) is 10.6. The standard InChI is InChI=1S/C30H32N2O5S/c1-5-7-22-26(29(34)35-6-2)27(21-11-9-20(10-12-21)18(3)4)32-28(33)25(38-30(32)31-22)17-19-8-13-23-24(16-19)37-15-14-36-23/h8-13,16-18,27H,5-7,14-15H2,1-4H3/b25-17-/t27-/m1/s1. The lowest BCUT2D eigenvalue weighted by Gasteiger charge is -2.26. The number of carbonyl (C=O) groups excluding carboxylic acids is 1. The van der Waals surface area contributed by atoms with E-state index in [-0.39, 0.29) is 12.2 Å². The summed E-state index contributed by atoms with van der Waals surface area (Å²) in [5.74, 6) is 1.30. The van der Waals surface area contributed by atoms with Crippen LogP contribution in [0.25, 0.3) is 6.08 Å². The molecule has 1 atom stereocenters. The Morgan fingerprint density at radius 2 is 1.87 bits per heavy atom. The number of hydrogen-bond acceptors (Lipinski definition) is 7. The zero-order valence-electron chi connectivity index (χ0n) is 22.2. The van der Waals surface area contributed by atoms with Crippen molar-refractivity contribution < 1.29 is 19.0 Å². The molecule has 0 saturated carbocycles. The van der Waals surface area contributed by atoms with Crippen LogP contribution in [0, 0.1) is 0 Å². The van der Waals surface area contributed by atoms with Gasteiger partial charge >= 0.3 is 5.97 Å². The molecule has 5 rings (SSSR count). The van der Waals surface area contributed by atoms with E-state index in [0.29, 0.717) is 57.7 Å². The normalized spacial score (nSPS) is 16.9. The highest BCUT2D eigenvalue weighted by Gasteiger charge is 2.34. The molecule has 38 heavy (non-hydrogen) atoms. The molecule has 1 aromatic heterocycles. The lowest BCUT2D eigenvalue weighted by molar-refractivity contribution is -0.139. The molecule has 8 heteroatoms. The van der Waals surface area contributed by atoms with Gasteiger partial charge in [0, 0.05) is 0 Å². The fraction of sp³-hybridized carbons (Fsp3) is 0.367. The van der Waals surface area contributed by atoms with Gasteiger partial charge in [0.2, 0.25) is 0 Å². The van der Waals surface area contributed by atoms with Crippen LogP contribution in [-0.2, 0) is 9.53 Å². The van der Waals surface area contributed by atoms with Gasteiger partial charge in [0.15, 0.2) is 16.3 Å². The Kier molecular flexibility index (Phi) is 7.51. The first-order valence-electron chi connectivity index (χ1n) is 13.1. The van der Waals surface area contributed by atoms with E-state index < -0.39 is 12.0 Å². The highest BCUT2D eigenvalue weighted by molar-refractivity contribution is 7.07. The maximum Gasteiger partial charge on any atom is 0.338 e. The maximum atomic E-state index is 13.9. The zero-order valence-corrected chi connectivity index (χ0v) is 23.0. The van der Waals surface area contributed by atoms with E-state index in [4.69, 9.17) is 19.2 Å². The number of rotatable bonds is 7. The van der Waals surface area contributed by atoms with E-state index in [1.165, 1.54) is 16.9 Å². The Morgan fingerprint density at radius 3 is 2.55 bits per heavy atom. The monoisotopic (exact) mass is 532 g/mol. The second-order valence-electron chi connectivity index (χ2n) is 9.64. The van der Waals surface area contributed by atoms with Crippen LogP contribution >= 0.6 is 11.3 Å². The molecule has 0 aliphatic carbocycles. The van der Waals surface area contributed by atoms with E-state index in [1.54, 1.807) is 11.5 Å². The number of hydrogen-bond donors (Lipinski definition) is 0. The number of aromatic nitrogens is 1. The van der Waals surface area contributed by atoms with Crippen molar-refractivity contribution in [1.82, 2.24) is 4.57 Å². The Morgan fingerprint density at radius 1 is 1.13 bits per heavy atom. The molecule has 198 valence electrons. The summed E-state index contributed by atoms with van der Waals surface area (Å²) >= 11 is 1.33. The van der Waals surface area contributed by atoms with Crippen LogP contribution in [0.5, 0.6) is 11.5 Å². The molecule has 0 spiro atoms. The SMILES string of the molecule is CCCC1=C(C(=O)OCC)[C@@H](c2ccc(C(C)C)cc2)n2c(s/c(=C\c3ccc4c(c3)OCCO4)c2=O)=N1. The third-order valence-corrected chi connectivity index (χ3v) is 7.66. The molecule has 0 amide bonds. The first kappa shape index (κ1) is 26.0. The van der Waals surface area contributed by atoms with Crippen LogP contribution in [0.2, 0.25) is 0 Å². The van der Waals surface area contributed by atoms with Crippen molar-refractivity contribution >= 4 is 23.4 Å². The third kappa shape index (κ3) is 4.92. The van der Waals surface area contributed by atoms with Crippen molar-refractivity contribution in [2.24, 2.45) is 4.99 Å². The van der Waals surface area contributed by atoms with Crippen LogP contribution in [0.15, 0.2) is 63.5 Å². The third-order valence-electron chi connectivity index (χ3n) is 6.68. The first-order valence-corrected chi connectivity index (χ1v) is 13.9. The molecule has 2 aliphatic rings. The smallest absolute Gasteiger partial charge is 0.338 e. The highest BCUT2D eigenvalue weighted by Crippen LogP contribution is 2.34. The summed E-state index contributed by atoms with van der Waals surface area (Å²) < 4.78 is 19.0. The van der Waals surface area contributed by atoms with Crippen LogP contribution in [-0.4, -0.2) is 30.4 Å². The number of benzene rings is 2. The molecule has 0 saturated heterocycles. The summed E-state index contributed by atoms with van der Waals surface area (Å²) in [7, 11) is 0. The quantitative estimate of drug-likeness (QED) is 0.420. The predicted octanol–water partition coefficient (Wildman–Crippen LogP) is 4.47. The van der Waals surface area contributed by atoms with Crippen molar-refractivity contribution in [2.45, 2.75) is 52.5 Å². The van der Waals surface area contributed by atoms with Gasteiger partial charge < -0.3 is 14.2 Å². The van der Waals surface area contributed by atoms with E-state index in [2.05, 4.69) is 32.9 Å². The Balaban J connectivity index is 1.69. The van der Waals surface area contributed by atoms with E-state index in [9.17, 15) is 9.59 Å². The molecule has 2 aliphatic heterocycles. The van der Waals surface area contributed by atoms with Crippen molar-refractivity contribution in [3.05, 3.63) is 90.1 Å². The van der Waals surface area contributed by atoms with E-state index >= 15 is 0 Å². The molecule has 0 radical (unpaired) electrons. The van der Waals surface area contributed by atoms with Gasteiger partial charge in [-0.25, -0.2) is 9.79 Å². The number of ether oxygens (including phenoxy) is 3. The second kappa shape index (κ2) is 11.0. The largest absolute Gasteiger partial charge is 0.486 e. The van der Waals surface area contributed by atoms with Gasteiger partial charge in [0.25, 0.3) is 5.56 Å². The van der Waals surface area contributed by atoms with Gasteiger partial charge in [-0.2, -0.15) is 0 Å². The number of allylic oxidation sites excluding steroid dienone is 1. The summed E-state index contributed by atoms with van der Waals surface area (Å²) in [5, 5.41) is 0. The number of nitrogens with zero attached hydrogens (tertiary/aromatic N) is 2. The Bertz CT molecular complexity index is 1560. The number of esters is 1. The Hall–Kier alpha value is -3.65. The maximum absolute atomic E-state index is 13.9. The average Bonchev–Trinajstić information content (AvgIpc) is 3.22. The molecule has 0 fully saturated rings. The summed E-state index contributed by atoms with van der Waals surface area (Å²) in [4.78, 5) is 32.6. The fourth-order valence-electron chi connectivity index (χ4n) is 4.80. The molecule has 0 bridgehead atoms. The number of fused-ring (bicyclic) bond motifs is 2. The van der Waals surface area contributed by atoms with Crippen LogP contribution in [0.3, 0.4) is 0 Å². The molecule has 0 N–H and O–H groups in total. The van der Waals surface area contributed by atoms with E-state index in [1.807, 2.05) is 36.4 Å². The zero-order chi connectivity index (χ0) is 26.8. The van der Waals surface area contributed by atoms with Gasteiger partial charge in [-0.1, -0.05) is 68.9 Å². The first-order chi connectivity index (χ1) is 18.4.